The van der Waals surface area contributed by atoms with Crippen LogP contribution in [-0.4, -0.2) is 25.8 Å². The largest absolute Gasteiger partial charge is 0.467 e. The highest BCUT2D eigenvalue weighted by molar-refractivity contribution is 7.57. The van der Waals surface area contributed by atoms with Crippen molar-refractivity contribution in [2.24, 2.45) is 0 Å². The number of hydrogen-bond donors (Lipinski definition) is 0. The standard InChI is InChI=1S/C12H17O4P/c1-10(12(13)15-2)16-17(3,14)9-11-7-5-4-6-8-11/h4-8,10H,9H2,1-3H3/t10-,17?/m0/s1. The monoisotopic (exact) mass is 256 g/mol. The molecular formula is C12H17O4P. The molecule has 0 aliphatic rings. The summed E-state index contributed by atoms with van der Waals surface area (Å²) in [5.41, 5.74) is 0.926. The number of benzene rings is 1. The smallest absolute Gasteiger partial charge is 0.335 e. The molecule has 2 atom stereocenters. The number of hydrogen-bond acceptors (Lipinski definition) is 4. The summed E-state index contributed by atoms with van der Waals surface area (Å²) in [5.74, 6) is -0.514. The second kappa shape index (κ2) is 5.99. The molecule has 0 aliphatic carbocycles. The Hall–Kier alpha value is -1.12. The second-order valence-corrected chi connectivity index (χ2v) is 6.48. The third-order valence-corrected chi connectivity index (χ3v) is 3.93. The first kappa shape index (κ1) is 13.9. The Morgan fingerprint density at radius 1 is 1.35 bits per heavy atom. The summed E-state index contributed by atoms with van der Waals surface area (Å²) in [6.45, 7) is 3.06. The molecule has 1 rings (SSSR count). The Balaban J connectivity index is 2.63. The summed E-state index contributed by atoms with van der Waals surface area (Å²) in [7, 11) is -1.56. The molecule has 1 unspecified atom stereocenters. The molecule has 0 saturated carbocycles. The molecule has 0 aromatic heterocycles. The highest BCUT2D eigenvalue weighted by Gasteiger charge is 2.24. The number of carbonyl (C=O) groups excluding carboxylic acids is 1. The Morgan fingerprint density at radius 2 is 1.94 bits per heavy atom. The van der Waals surface area contributed by atoms with Gasteiger partial charge in [0, 0.05) is 12.8 Å². The molecule has 0 N–H and O–H groups in total. The summed E-state index contributed by atoms with van der Waals surface area (Å²) >= 11 is 0. The van der Waals surface area contributed by atoms with Gasteiger partial charge in [-0.3, -0.25) is 4.57 Å². The zero-order valence-corrected chi connectivity index (χ0v) is 11.1. The molecule has 17 heavy (non-hydrogen) atoms. The molecule has 0 fully saturated rings. The third kappa shape index (κ3) is 4.72. The molecule has 1 aromatic carbocycles. The van der Waals surface area contributed by atoms with Crippen molar-refractivity contribution in [2.75, 3.05) is 13.8 Å². The molecule has 0 amide bonds. The molecule has 1 aromatic rings. The fourth-order valence-corrected chi connectivity index (χ4v) is 3.20. The van der Waals surface area contributed by atoms with Crippen LogP contribution in [0.4, 0.5) is 0 Å². The lowest BCUT2D eigenvalue weighted by Gasteiger charge is -2.17. The minimum absolute atomic E-state index is 0.315. The molecular weight excluding hydrogens is 239 g/mol. The van der Waals surface area contributed by atoms with Crippen molar-refractivity contribution in [3.05, 3.63) is 35.9 Å². The van der Waals surface area contributed by atoms with Gasteiger partial charge in [0.15, 0.2) is 6.10 Å². The Morgan fingerprint density at radius 3 is 2.47 bits per heavy atom. The Kier molecular flexibility index (Phi) is 4.91. The lowest BCUT2D eigenvalue weighted by molar-refractivity contribution is -0.147. The Bertz CT molecular complexity index is 416. The van der Waals surface area contributed by atoms with Gasteiger partial charge in [-0.15, -0.1) is 0 Å². The van der Waals surface area contributed by atoms with Crippen molar-refractivity contribution in [1.29, 1.82) is 0 Å². The average Bonchev–Trinajstić information content (AvgIpc) is 2.27. The van der Waals surface area contributed by atoms with Gasteiger partial charge in [-0.1, -0.05) is 30.3 Å². The van der Waals surface area contributed by atoms with Crippen LogP contribution in [0.2, 0.25) is 0 Å². The van der Waals surface area contributed by atoms with Crippen LogP contribution < -0.4 is 0 Å². The molecule has 0 spiro atoms. The van der Waals surface area contributed by atoms with E-state index >= 15 is 0 Å². The molecule has 94 valence electrons. The van der Waals surface area contributed by atoms with E-state index in [2.05, 4.69) is 4.74 Å². The molecule has 0 heterocycles. The fraction of sp³-hybridized carbons (Fsp3) is 0.417. The summed E-state index contributed by atoms with van der Waals surface area (Å²) < 4.78 is 22.0. The van der Waals surface area contributed by atoms with Gasteiger partial charge < -0.3 is 9.26 Å². The molecule has 4 nitrogen and oxygen atoms in total. The first-order valence-electron chi connectivity index (χ1n) is 5.31. The van der Waals surface area contributed by atoms with Gasteiger partial charge >= 0.3 is 5.97 Å². The molecule has 0 aliphatic heterocycles. The minimum Gasteiger partial charge on any atom is -0.467 e. The lowest BCUT2D eigenvalue weighted by atomic mass is 10.2. The maximum Gasteiger partial charge on any atom is 0.335 e. The second-order valence-electron chi connectivity index (χ2n) is 3.93. The number of methoxy groups -OCH3 is 1. The normalized spacial score (nSPS) is 15.9. The van der Waals surface area contributed by atoms with Crippen molar-refractivity contribution in [3.8, 4) is 0 Å². The highest BCUT2D eigenvalue weighted by Crippen LogP contribution is 2.47. The van der Waals surface area contributed by atoms with Gasteiger partial charge in [-0.2, -0.15) is 0 Å². The lowest BCUT2D eigenvalue weighted by Crippen LogP contribution is -2.21. The third-order valence-electron chi connectivity index (χ3n) is 2.23. The van der Waals surface area contributed by atoms with Crippen molar-refractivity contribution in [2.45, 2.75) is 19.2 Å². The molecule has 0 radical (unpaired) electrons. The quantitative estimate of drug-likeness (QED) is 0.600. The van der Waals surface area contributed by atoms with Gasteiger partial charge in [0.1, 0.15) is 0 Å². The zero-order valence-electron chi connectivity index (χ0n) is 10.3. The van der Waals surface area contributed by atoms with Crippen LogP contribution in [0.5, 0.6) is 0 Å². The van der Waals surface area contributed by atoms with Crippen molar-refractivity contribution >= 4 is 13.3 Å². The SMILES string of the molecule is COC(=O)[C@H](C)OP(C)(=O)Cc1ccccc1. The van der Waals surface area contributed by atoms with E-state index in [0.29, 0.717) is 6.16 Å². The summed E-state index contributed by atoms with van der Waals surface area (Å²) in [4.78, 5) is 11.2. The summed E-state index contributed by atoms with van der Waals surface area (Å²) in [5, 5.41) is 0. The zero-order chi connectivity index (χ0) is 12.9. The number of esters is 1. The van der Waals surface area contributed by atoms with Crippen LogP contribution >= 0.6 is 7.37 Å². The van der Waals surface area contributed by atoms with Crippen LogP contribution in [0.1, 0.15) is 12.5 Å². The number of rotatable bonds is 5. The topological polar surface area (TPSA) is 52.6 Å². The van der Waals surface area contributed by atoms with Crippen LogP contribution in [0.3, 0.4) is 0 Å². The van der Waals surface area contributed by atoms with E-state index in [1.165, 1.54) is 20.7 Å². The van der Waals surface area contributed by atoms with Gasteiger partial charge in [-0.25, -0.2) is 4.79 Å². The predicted octanol–water partition coefficient (Wildman–Crippen LogP) is 2.67. The Labute approximate surface area is 101 Å². The van der Waals surface area contributed by atoms with Gasteiger partial charge in [0.05, 0.1) is 7.11 Å². The summed E-state index contributed by atoms with van der Waals surface area (Å²) in [6, 6.07) is 9.39. The fourth-order valence-electron chi connectivity index (χ4n) is 1.50. The van der Waals surface area contributed by atoms with Gasteiger partial charge in [-0.05, 0) is 12.5 Å². The van der Waals surface area contributed by atoms with E-state index in [9.17, 15) is 9.36 Å². The maximum absolute atomic E-state index is 12.2. The van der Waals surface area contributed by atoms with Crippen molar-refractivity contribution in [1.82, 2.24) is 0 Å². The van der Waals surface area contributed by atoms with E-state index in [4.69, 9.17) is 4.52 Å². The maximum atomic E-state index is 12.2. The van der Waals surface area contributed by atoms with E-state index < -0.39 is 19.4 Å². The van der Waals surface area contributed by atoms with Gasteiger partial charge in [0.25, 0.3) is 0 Å². The first-order valence-corrected chi connectivity index (χ1v) is 7.57. The number of carbonyl (C=O) groups is 1. The predicted molar refractivity (Wildman–Crippen MR) is 66.2 cm³/mol. The molecule has 5 heteroatoms. The van der Waals surface area contributed by atoms with E-state index in [0.717, 1.165) is 5.56 Å². The molecule has 0 saturated heterocycles. The highest BCUT2D eigenvalue weighted by atomic mass is 31.2. The summed E-state index contributed by atoms with van der Waals surface area (Å²) in [6.07, 6.45) is -0.491. The van der Waals surface area contributed by atoms with Crippen LogP contribution in [0, 0.1) is 0 Å². The van der Waals surface area contributed by atoms with E-state index in [1.807, 2.05) is 30.3 Å². The van der Waals surface area contributed by atoms with Crippen LogP contribution in [-0.2, 0) is 24.8 Å². The van der Waals surface area contributed by atoms with Crippen molar-refractivity contribution < 1.29 is 18.6 Å². The van der Waals surface area contributed by atoms with E-state index in [-0.39, 0.29) is 0 Å². The average molecular weight is 256 g/mol. The van der Waals surface area contributed by atoms with Crippen molar-refractivity contribution in [3.63, 3.8) is 0 Å². The first-order chi connectivity index (χ1) is 7.94. The molecule has 0 bridgehead atoms. The number of ether oxygens (including phenoxy) is 1. The van der Waals surface area contributed by atoms with E-state index in [1.54, 1.807) is 0 Å². The van der Waals surface area contributed by atoms with Gasteiger partial charge in [0.2, 0.25) is 7.37 Å². The van der Waals surface area contributed by atoms with Crippen LogP contribution in [0.25, 0.3) is 0 Å². The minimum atomic E-state index is -2.84. The van der Waals surface area contributed by atoms with Crippen LogP contribution in [0.15, 0.2) is 30.3 Å².